The zero-order valence-corrected chi connectivity index (χ0v) is 34.2. The molecule has 5 aromatic rings. The Morgan fingerprint density at radius 3 is 2.19 bits per heavy atom. The van der Waals surface area contributed by atoms with Crippen molar-refractivity contribution in [2.24, 2.45) is 5.92 Å². The molecule has 4 N–H and O–H groups in total. The summed E-state index contributed by atoms with van der Waals surface area (Å²) in [5.41, 5.74) is 6.44. The van der Waals surface area contributed by atoms with Gasteiger partial charge >= 0.3 is 12.0 Å². The molecule has 0 saturated carbocycles. The van der Waals surface area contributed by atoms with Crippen molar-refractivity contribution in [1.29, 1.82) is 0 Å². The quantitative estimate of drug-likeness (QED) is 0.0885. The van der Waals surface area contributed by atoms with Crippen LogP contribution in [0.5, 0.6) is 0 Å². The molecule has 59 heavy (non-hydrogen) atoms. The number of aliphatic hydroxyl groups is 2. The molecule has 308 valence electrons. The number of likely N-dealkylation sites (tertiary alicyclic amines) is 1. The third kappa shape index (κ3) is 10.4. The first-order valence-electron chi connectivity index (χ1n) is 20.2. The molecular formula is C48H52ClN3O7. The van der Waals surface area contributed by atoms with Crippen LogP contribution in [0.2, 0.25) is 5.02 Å². The Hall–Kier alpha value is -5.07. The Morgan fingerprint density at radius 1 is 0.847 bits per heavy atom. The molecule has 0 bridgehead atoms. The number of benzene rings is 5. The Morgan fingerprint density at radius 2 is 1.51 bits per heavy atom. The molecule has 2 heterocycles. The highest BCUT2D eigenvalue weighted by atomic mass is 35.5. The van der Waals surface area contributed by atoms with Gasteiger partial charge in [-0.05, 0) is 63.9 Å². The van der Waals surface area contributed by atoms with Crippen molar-refractivity contribution in [2.75, 3.05) is 26.7 Å². The second kappa shape index (κ2) is 19.3. The van der Waals surface area contributed by atoms with Gasteiger partial charge in [0.05, 0.1) is 31.5 Å². The highest BCUT2D eigenvalue weighted by molar-refractivity contribution is 6.30. The normalized spacial score (nSPS) is 21.0. The van der Waals surface area contributed by atoms with E-state index in [0.29, 0.717) is 30.8 Å². The molecule has 10 nitrogen and oxygen atoms in total. The minimum absolute atomic E-state index is 0.0142. The van der Waals surface area contributed by atoms with Gasteiger partial charge in [0.15, 0.2) is 6.29 Å². The van der Waals surface area contributed by atoms with Crippen LogP contribution in [0.1, 0.15) is 65.5 Å². The minimum atomic E-state index is -0.901. The van der Waals surface area contributed by atoms with Crippen molar-refractivity contribution in [3.63, 3.8) is 0 Å². The SMILES string of the molecule is COC(=O)C(Cc1ccccc1)NC(=O)NCc1ccccc1-c1ccc(C2OC(CN3CCC(O)(c4ccc(Cl)cc4)CC3)C(C)C(c3ccc(CO)cc3)O2)cc1. The maximum absolute atomic E-state index is 13.1. The number of nitrogens with one attached hydrogen (secondary N) is 2. The molecule has 0 radical (unpaired) electrons. The van der Waals surface area contributed by atoms with Crippen molar-refractivity contribution >= 4 is 23.6 Å². The van der Waals surface area contributed by atoms with E-state index < -0.39 is 29.9 Å². The molecule has 5 unspecified atom stereocenters. The van der Waals surface area contributed by atoms with E-state index in [1.807, 2.05) is 127 Å². The summed E-state index contributed by atoms with van der Waals surface area (Å²) in [7, 11) is 1.31. The summed E-state index contributed by atoms with van der Waals surface area (Å²) in [5.74, 6) is -0.503. The zero-order valence-electron chi connectivity index (χ0n) is 33.4. The molecule has 2 amide bonds. The number of nitrogens with zero attached hydrogens (tertiary/aromatic N) is 1. The molecule has 2 aliphatic rings. The van der Waals surface area contributed by atoms with Gasteiger partial charge in [0.1, 0.15) is 6.04 Å². The number of carbonyl (C=O) groups excluding carboxylic acids is 2. The van der Waals surface area contributed by atoms with Gasteiger partial charge in [-0.1, -0.05) is 134 Å². The van der Waals surface area contributed by atoms with Gasteiger partial charge in [-0.3, -0.25) is 0 Å². The highest BCUT2D eigenvalue weighted by Gasteiger charge is 2.41. The number of methoxy groups -OCH3 is 1. The van der Waals surface area contributed by atoms with E-state index in [1.165, 1.54) is 7.11 Å². The van der Waals surface area contributed by atoms with Gasteiger partial charge in [-0.2, -0.15) is 0 Å². The second-order valence-electron chi connectivity index (χ2n) is 15.5. The standard InChI is InChI=1S/C48H52ClN3O7/c1-32-43(30-52-26-24-48(56,25-27-52)39-20-22-40(49)23-21-39)58-46(59-44(32)36-14-12-34(31-53)13-15-36)37-18-16-35(17-19-37)41-11-7-6-10-38(41)29-50-47(55)51-42(45(54)57-2)28-33-8-4-3-5-9-33/h3-23,32,42-44,46,53,56H,24-31H2,1-2H3,(H2,50,51,55). The summed E-state index contributed by atoms with van der Waals surface area (Å²) >= 11 is 6.12. The van der Waals surface area contributed by atoms with E-state index >= 15 is 0 Å². The first-order valence-corrected chi connectivity index (χ1v) is 20.6. The summed E-state index contributed by atoms with van der Waals surface area (Å²) in [6, 6.07) is 39.5. The second-order valence-corrected chi connectivity index (χ2v) is 16.0. The van der Waals surface area contributed by atoms with Crippen LogP contribution >= 0.6 is 11.6 Å². The van der Waals surface area contributed by atoms with Crippen molar-refractivity contribution in [3.05, 3.63) is 166 Å². The average molecular weight is 818 g/mol. The number of carbonyl (C=O) groups is 2. The number of halogens is 1. The fourth-order valence-corrected chi connectivity index (χ4v) is 8.21. The molecule has 0 spiro atoms. The fraction of sp³-hybridized carbons (Fsp3) is 0.333. The van der Waals surface area contributed by atoms with Gasteiger partial charge in [0.2, 0.25) is 0 Å². The number of esters is 1. The maximum atomic E-state index is 13.1. The molecule has 5 atom stereocenters. The number of piperidine rings is 1. The molecular weight excluding hydrogens is 766 g/mol. The number of rotatable bonds is 13. The van der Waals surface area contributed by atoms with E-state index in [4.69, 9.17) is 25.8 Å². The smallest absolute Gasteiger partial charge is 0.328 e. The monoisotopic (exact) mass is 817 g/mol. The number of hydrogen-bond acceptors (Lipinski definition) is 8. The lowest BCUT2D eigenvalue weighted by atomic mass is 9.84. The van der Waals surface area contributed by atoms with Crippen molar-refractivity contribution in [3.8, 4) is 11.1 Å². The Balaban J connectivity index is 1.04. The summed E-state index contributed by atoms with van der Waals surface area (Å²) in [6.07, 6.45) is 0.458. The van der Waals surface area contributed by atoms with Gasteiger partial charge in [0.25, 0.3) is 0 Å². The van der Waals surface area contributed by atoms with Crippen LogP contribution in [0.4, 0.5) is 4.79 Å². The predicted octanol–water partition coefficient (Wildman–Crippen LogP) is 7.86. The van der Waals surface area contributed by atoms with Crippen molar-refractivity contribution in [2.45, 2.75) is 69.5 Å². The molecule has 2 aliphatic heterocycles. The lowest BCUT2D eigenvalue weighted by Gasteiger charge is -2.45. The first-order chi connectivity index (χ1) is 28.6. The first kappa shape index (κ1) is 42.1. The predicted molar refractivity (Wildman–Crippen MR) is 227 cm³/mol. The average Bonchev–Trinajstić information content (AvgIpc) is 3.27. The van der Waals surface area contributed by atoms with E-state index in [9.17, 15) is 19.8 Å². The summed E-state index contributed by atoms with van der Waals surface area (Å²) < 4.78 is 18.5. The highest BCUT2D eigenvalue weighted by Crippen LogP contribution is 2.43. The van der Waals surface area contributed by atoms with Crippen LogP contribution in [0.25, 0.3) is 11.1 Å². The van der Waals surface area contributed by atoms with E-state index in [2.05, 4.69) is 22.5 Å². The molecule has 2 saturated heterocycles. The van der Waals surface area contributed by atoms with Gasteiger partial charge < -0.3 is 40.0 Å². The number of ether oxygens (including phenoxy) is 3. The number of amides is 2. The molecule has 7 rings (SSSR count). The number of aliphatic hydroxyl groups excluding tert-OH is 1. The van der Waals surface area contributed by atoms with Gasteiger partial charge in [0, 0.05) is 49.1 Å². The lowest BCUT2D eigenvalue weighted by Crippen LogP contribution is -2.49. The largest absolute Gasteiger partial charge is 0.467 e. The summed E-state index contributed by atoms with van der Waals surface area (Å²) in [5, 5.41) is 27.6. The van der Waals surface area contributed by atoms with Crippen LogP contribution in [-0.2, 0) is 44.2 Å². The topological polar surface area (TPSA) is 130 Å². The number of hydrogen-bond donors (Lipinski definition) is 4. The summed E-state index contributed by atoms with van der Waals surface area (Å²) in [4.78, 5) is 27.9. The third-order valence-corrected chi connectivity index (χ3v) is 11.9. The van der Waals surface area contributed by atoms with E-state index in [1.54, 1.807) is 0 Å². The molecule has 0 aromatic heterocycles. The molecule has 0 aliphatic carbocycles. The Bertz CT molecular complexity index is 2140. The Labute approximate surface area is 351 Å². The fourth-order valence-electron chi connectivity index (χ4n) is 8.08. The zero-order chi connectivity index (χ0) is 41.4. The molecule has 2 fully saturated rings. The molecule has 11 heteroatoms. The van der Waals surface area contributed by atoms with Crippen molar-refractivity contribution < 1.29 is 34.0 Å². The van der Waals surface area contributed by atoms with Crippen molar-refractivity contribution in [1.82, 2.24) is 15.5 Å². The third-order valence-electron chi connectivity index (χ3n) is 11.7. The Kier molecular flexibility index (Phi) is 13.8. The maximum Gasteiger partial charge on any atom is 0.328 e. The summed E-state index contributed by atoms with van der Waals surface area (Å²) in [6.45, 7) is 4.49. The van der Waals surface area contributed by atoms with E-state index in [-0.39, 0.29) is 31.3 Å². The van der Waals surface area contributed by atoms with Gasteiger partial charge in [-0.25, -0.2) is 9.59 Å². The molecule has 5 aromatic carbocycles. The number of urea groups is 1. The lowest BCUT2D eigenvalue weighted by molar-refractivity contribution is -0.277. The van der Waals surface area contributed by atoms with E-state index in [0.717, 1.165) is 57.6 Å². The van der Waals surface area contributed by atoms with Gasteiger partial charge in [-0.15, -0.1) is 0 Å². The van der Waals surface area contributed by atoms with Crippen LogP contribution in [-0.4, -0.2) is 66.0 Å². The van der Waals surface area contributed by atoms with Crippen LogP contribution in [0, 0.1) is 5.92 Å². The minimum Gasteiger partial charge on any atom is -0.467 e. The van der Waals surface area contributed by atoms with Crippen LogP contribution in [0.15, 0.2) is 127 Å². The van der Waals surface area contributed by atoms with Crippen LogP contribution < -0.4 is 10.6 Å². The van der Waals surface area contributed by atoms with Crippen LogP contribution in [0.3, 0.4) is 0 Å².